The highest BCUT2D eigenvalue weighted by molar-refractivity contribution is 5.96. The van der Waals surface area contributed by atoms with Gasteiger partial charge in [-0.2, -0.15) is 0 Å². The van der Waals surface area contributed by atoms with Crippen LogP contribution in [0.5, 0.6) is 0 Å². The number of benzene rings is 3. The topological polar surface area (TPSA) is 24.7 Å². The van der Waals surface area contributed by atoms with Crippen LogP contribution in [0.3, 0.4) is 0 Å². The normalized spacial score (nSPS) is 12.1. The smallest absolute Gasteiger partial charge is 0.160 e. The van der Waals surface area contributed by atoms with Gasteiger partial charge in [-0.1, -0.05) is 173 Å². The van der Waals surface area contributed by atoms with Crippen molar-refractivity contribution in [2.24, 2.45) is 9.98 Å². The Morgan fingerprint density at radius 1 is 0.487 bits per heavy atom. The van der Waals surface area contributed by atoms with Gasteiger partial charge in [0.15, 0.2) is 5.66 Å². The maximum absolute atomic E-state index is 4.34. The van der Waals surface area contributed by atoms with E-state index in [-0.39, 0.29) is 5.66 Å². The molecule has 2 nitrogen and oxygen atoms in total. The Balaban J connectivity index is -0.000000438. The zero-order valence-corrected chi connectivity index (χ0v) is 27.5. The lowest BCUT2D eigenvalue weighted by Gasteiger charge is -2.40. The summed E-state index contributed by atoms with van der Waals surface area (Å²) in [5, 5.41) is 0. The molecule has 3 aromatic rings. The highest BCUT2D eigenvalue weighted by Gasteiger charge is 2.42. The van der Waals surface area contributed by atoms with Gasteiger partial charge in [-0.3, -0.25) is 9.98 Å². The first-order valence-electron chi connectivity index (χ1n) is 15.3. The predicted octanol–water partition coefficient (Wildman–Crippen LogP) is 11.9. The predicted molar refractivity (Wildman–Crippen MR) is 182 cm³/mol. The molecule has 0 N–H and O–H groups in total. The summed E-state index contributed by atoms with van der Waals surface area (Å²) in [6.45, 7) is 24.4. The third-order valence-electron chi connectivity index (χ3n) is 4.64. The van der Waals surface area contributed by atoms with Gasteiger partial charge >= 0.3 is 0 Å². The van der Waals surface area contributed by atoms with Crippen molar-refractivity contribution in [1.29, 1.82) is 0 Å². The third-order valence-corrected chi connectivity index (χ3v) is 4.64. The van der Waals surface area contributed by atoms with E-state index in [9.17, 15) is 0 Å². The molecule has 0 bridgehead atoms. The minimum absolute atomic E-state index is 0.0637. The minimum Gasteiger partial charge on any atom is -0.264 e. The fourth-order valence-electron chi connectivity index (χ4n) is 3.48. The zero-order chi connectivity index (χ0) is 30.4. The van der Waals surface area contributed by atoms with E-state index < -0.39 is 0 Å². The quantitative estimate of drug-likeness (QED) is 0.313. The molecule has 39 heavy (non-hydrogen) atoms. The average Bonchev–Trinajstić information content (AvgIpc) is 2.99. The second-order valence-corrected chi connectivity index (χ2v) is 8.04. The Morgan fingerprint density at radius 2 is 0.692 bits per heavy atom. The van der Waals surface area contributed by atoms with Gasteiger partial charge in [0.2, 0.25) is 0 Å². The standard InChI is InChI=1S/C13H12.C7H10N2.C6H6.C3H8.4C2H6/c1-3-7-12(8-4-1)11-13-9-5-2-6-10-13;1-5-3-7(8-5)4-6(2)9-7;1-2-4-6-5-3-1;1-3-2;4*1-2/h1-10H,11H2;3-4H2,1-2H3;1-6H;3H2,1-2H3;4*1-2H3. The van der Waals surface area contributed by atoms with E-state index in [1.807, 2.05) is 91.8 Å². The number of aliphatic imine (C=N–C) groups is 2. The Bertz CT molecular complexity index is 825. The van der Waals surface area contributed by atoms with Gasteiger partial charge in [0.25, 0.3) is 0 Å². The molecule has 2 aliphatic heterocycles. The van der Waals surface area contributed by atoms with Gasteiger partial charge in [-0.25, -0.2) is 0 Å². The van der Waals surface area contributed by atoms with Gasteiger partial charge in [-0.05, 0) is 31.4 Å². The molecule has 2 heterocycles. The zero-order valence-electron chi connectivity index (χ0n) is 27.5. The summed E-state index contributed by atoms with van der Waals surface area (Å²) in [6.07, 6.45) is 4.48. The molecular weight excluding hydrogens is 472 g/mol. The fourth-order valence-corrected chi connectivity index (χ4v) is 3.48. The van der Waals surface area contributed by atoms with Crippen molar-refractivity contribution in [2.75, 3.05) is 0 Å². The van der Waals surface area contributed by atoms with Crippen molar-refractivity contribution in [1.82, 2.24) is 0 Å². The molecular formula is C37H60N2. The molecule has 2 aliphatic rings. The SMILES string of the molecule is CC.CC.CC.CC.CC1=NC2(C1)CC(C)=N2.CCC.c1ccc(Cc2ccccc2)cc1.c1ccccc1. The third kappa shape index (κ3) is 20.6. The Kier molecular flexibility index (Phi) is 30.7. The van der Waals surface area contributed by atoms with E-state index in [1.165, 1.54) is 29.0 Å². The van der Waals surface area contributed by atoms with Gasteiger partial charge in [-0.15, -0.1) is 0 Å². The molecule has 0 saturated carbocycles. The summed E-state index contributed by atoms with van der Waals surface area (Å²) in [5.74, 6) is 0. The molecule has 1 spiro atoms. The summed E-state index contributed by atoms with van der Waals surface area (Å²) in [5.41, 5.74) is 5.31. The second kappa shape index (κ2) is 29.6. The first-order chi connectivity index (χ1) is 19.1. The largest absolute Gasteiger partial charge is 0.264 e. The fraction of sp³-hybridized carbons (Fsp3) is 0.459. The van der Waals surface area contributed by atoms with Crippen molar-refractivity contribution in [3.8, 4) is 0 Å². The van der Waals surface area contributed by atoms with Gasteiger partial charge in [0, 0.05) is 24.3 Å². The van der Waals surface area contributed by atoms with Crippen molar-refractivity contribution in [3.05, 3.63) is 108 Å². The Hall–Kier alpha value is -3.00. The van der Waals surface area contributed by atoms with Crippen LogP contribution in [0.4, 0.5) is 0 Å². The maximum atomic E-state index is 4.34. The van der Waals surface area contributed by atoms with Crippen LogP contribution in [0.15, 0.2) is 107 Å². The molecule has 0 fully saturated rings. The summed E-state index contributed by atoms with van der Waals surface area (Å²) >= 11 is 0. The summed E-state index contributed by atoms with van der Waals surface area (Å²) < 4.78 is 0. The van der Waals surface area contributed by atoms with Gasteiger partial charge in [0.1, 0.15) is 0 Å². The van der Waals surface area contributed by atoms with E-state index in [4.69, 9.17) is 0 Å². The van der Waals surface area contributed by atoms with Crippen LogP contribution in [0.1, 0.15) is 113 Å². The first-order valence-corrected chi connectivity index (χ1v) is 15.3. The monoisotopic (exact) mass is 532 g/mol. The van der Waals surface area contributed by atoms with Gasteiger partial charge < -0.3 is 0 Å². The molecule has 0 saturated heterocycles. The van der Waals surface area contributed by atoms with Crippen molar-refractivity contribution >= 4 is 11.4 Å². The molecule has 3 aromatic carbocycles. The molecule has 0 aliphatic carbocycles. The highest BCUT2D eigenvalue weighted by Crippen LogP contribution is 2.38. The van der Waals surface area contributed by atoms with Crippen LogP contribution in [-0.4, -0.2) is 17.1 Å². The summed E-state index contributed by atoms with van der Waals surface area (Å²) in [7, 11) is 0. The summed E-state index contributed by atoms with van der Waals surface area (Å²) in [4.78, 5) is 8.68. The van der Waals surface area contributed by atoms with Crippen molar-refractivity contribution < 1.29 is 0 Å². The summed E-state index contributed by atoms with van der Waals surface area (Å²) in [6, 6.07) is 33.1. The van der Waals surface area contributed by atoms with E-state index >= 15 is 0 Å². The minimum atomic E-state index is 0.0637. The van der Waals surface area contributed by atoms with E-state index in [1.54, 1.807) is 0 Å². The maximum Gasteiger partial charge on any atom is 0.160 e. The van der Waals surface area contributed by atoms with Crippen LogP contribution in [0.25, 0.3) is 0 Å². The Labute approximate surface area is 243 Å². The molecule has 0 atom stereocenters. The van der Waals surface area contributed by atoms with Crippen molar-refractivity contribution in [3.63, 3.8) is 0 Å². The number of hydrogen-bond donors (Lipinski definition) is 0. The number of rotatable bonds is 2. The second-order valence-electron chi connectivity index (χ2n) is 8.04. The lowest BCUT2D eigenvalue weighted by molar-refractivity contribution is 0.400. The molecule has 2 heteroatoms. The first kappa shape index (κ1) is 40.5. The van der Waals surface area contributed by atoms with E-state index in [0.717, 1.165) is 19.3 Å². The molecule has 218 valence electrons. The molecule has 5 rings (SSSR count). The molecule has 0 aromatic heterocycles. The van der Waals surface area contributed by atoms with Crippen LogP contribution >= 0.6 is 0 Å². The lowest BCUT2D eigenvalue weighted by atomic mass is 9.86. The van der Waals surface area contributed by atoms with E-state index in [2.05, 4.69) is 98.3 Å². The molecule has 0 unspecified atom stereocenters. The highest BCUT2D eigenvalue weighted by atomic mass is 15.2. The number of nitrogens with zero attached hydrogens (tertiary/aromatic N) is 2. The molecule has 0 radical (unpaired) electrons. The van der Waals surface area contributed by atoms with Crippen LogP contribution < -0.4 is 0 Å². The molecule has 0 amide bonds. The Morgan fingerprint density at radius 3 is 0.897 bits per heavy atom. The average molecular weight is 533 g/mol. The van der Waals surface area contributed by atoms with Crippen LogP contribution in [0.2, 0.25) is 0 Å². The van der Waals surface area contributed by atoms with Gasteiger partial charge in [0.05, 0.1) is 0 Å². The van der Waals surface area contributed by atoms with Crippen LogP contribution in [0, 0.1) is 0 Å². The van der Waals surface area contributed by atoms with E-state index in [0.29, 0.717) is 0 Å². The lowest BCUT2D eigenvalue weighted by Crippen LogP contribution is -2.45. The number of hydrogen-bond acceptors (Lipinski definition) is 2. The van der Waals surface area contributed by atoms with Crippen LogP contribution in [-0.2, 0) is 6.42 Å². The van der Waals surface area contributed by atoms with Crippen molar-refractivity contribution in [2.45, 2.75) is 114 Å².